The molecule has 1 nitrogen and oxygen atoms in total. The van der Waals surface area contributed by atoms with Gasteiger partial charge in [0, 0.05) is 15.8 Å². The summed E-state index contributed by atoms with van der Waals surface area (Å²) in [4.78, 5) is 2.64. The van der Waals surface area contributed by atoms with E-state index in [4.69, 9.17) is 5.73 Å². The van der Waals surface area contributed by atoms with E-state index < -0.39 is 0 Å². The Bertz CT molecular complexity index is 459. The lowest BCUT2D eigenvalue weighted by Gasteiger charge is -2.03. The van der Waals surface area contributed by atoms with Crippen LogP contribution in [0.1, 0.15) is 29.8 Å². The first-order valence-corrected chi connectivity index (χ1v) is 6.45. The molecule has 0 amide bonds. The molecule has 1 atom stereocenters. The summed E-state index contributed by atoms with van der Waals surface area (Å²) in [7, 11) is 0. The summed E-state index contributed by atoms with van der Waals surface area (Å²) < 4.78 is 0. The summed E-state index contributed by atoms with van der Waals surface area (Å²) in [5, 5.41) is 0. The van der Waals surface area contributed by atoms with E-state index in [0.717, 1.165) is 6.42 Å². The van der Waals surface area contributed by atoms with Gasteiger partial charge in [0.05, 0.1) is 0 Å². The van der Waals surface area contributed by atoms with E-state index in [-0.39, 0.29) is 6.04 Å². The Labute approximate surface area is 101 Å². The van der Waals surface area contributed by atoms with Crippen LogP contribution in [-0.2, 0) is 0 Å². The highest BCUT2D eigenvalue weighted by atomic mass is 32.1. The number of aryl methyl sites for hydroxylation is 1. The van der Waals surface area contributed by atoms with Crippen LogP contribution in [0.2, 0.25) is 0 Å². The van der Waals surface area contributed by atoms with Gasteiger partial charge in [0.15, 0.2) is 0 Å². The highest BCUT2D eigenvalue weighted by Crippen LogP contribution is 2.35. The molecule has 2 rings (SSSR count). The van der Waals surface area contributed by atoms with E-state index in [2.05, 4.69) is 44.2 Å². The molecule has 0 bridgehead atoms. The highest BCUT2D eigenvalue weighted by Gasteiger charge is 2.11. The van der Waals surface area contributed by atoms with Crippen molar-refractivity contribution in [2.24, 2.45) is 5.73 Å². The van der Waals surface area contributed by atoms with Gasteiger partial charge < -0.3 is 5.73 Å². The standard InChI is InChI=1S/C14H17NS/c1-3-12(15)13-9-10(2)14(16-13)11-7-5-4-6-8-11/h4-9,12H,3,15H2,1-2H3. The molecule has 0 saturated carbocycles. The molecule has 2 heteroatoms. The summed E-state index contributed by atoms with van der Waals surface area (Å²) in [5.41, 5.74) is 8.69. The number of benzene rings is 1. The maximum atomic E-state index is 6.06. The molecule has 0 fully saturated rings. The zero-order valence-corrected chi connectivity index (χ0v) is 10.6. The van der Waals surface area contributed by atoms with Crippen LogP contribution < -0.4 is 5.73 Å². The molecular formula is C14H17NS. The molecule has 2 N–H and O–H groups in total. The molecular weight excluding hydrogens is 214 g/mol. The van der Waals surface area contributed by atoms with E-state index in [1.807, 2.05) is 17.4 Å². The van der Waals surface area contributed by atoms with Crippen molar-refractivity contribution in [3.8, 4) is 10.4 Å². The normalized spacial score (nSPS) is 12.7. The minimum absolute atomic E-state index is 0.182. The smallest absolute Gasteiger partial charge is 0.0387 e. The van der Waals surface area contributed by atoms with Crippen LogP contribution in [-0.4, -0.2) is 0 Å². The van der Waals surface area contributed by atoms with E-state index in [1.54, 1.807) is 0 Å². The van der Waals surface area contributed by atoms with Crippen molar-refractivity contribution in [2.45, 2.75) is 26.3 Å². The van der Waals surface area contributed by atoms with Crippen molar-refractivity contribution in [3.63, 3.8) is 0 Å². The molecule has 0 aliphatic carbocycles. The van der Waals surface area contributed by atoms with Gasteiger partial charge >= 0.3 is 0 Å². The fraction of sp³-hybridized carbons (Fsp3) is 0.286. The molecule has 0 aliphatic rings. The summed E-state index contributed by atoms with van der Waals surface area (Å²) in [6, 6.07) is 12.9. The third-order valence-corrected chi connectivity index (χ3v) is 4.20. The molecule has 1 heterocycles. The predicted octanol–water partition coefficient (Wildman–Crippen LogP) is 4.13. The maximum absolute atomic E-state index is 6.06. The van der Waals surface area contributed by atoms with Crippen molar-refractivity contribution in [3.05, 3.63) is 46.8 Å². The summed E-state index contributed by atoms with van der Waals surface area (Å²) in [6.07, 6.45) is 0.994. The lowest BCUT2D eigenvalue weighted by Crippen LogP contribution is -2.05. The minimum Gasteiger partial charge on any atom is -0.323 e. The van der Waals surface area contributed by atoms with Crippen LogP contribution in [0.5, 0.6) is 0 Å². The van der Waals surface area contributed by atoms with Crippen LogP contribution >= 0.6 is 11.3 Å². The van der Waals surface area contributed by atoms with E-state index in [9.17, 15) is 0 Å². The molecule has 0 radical (unpaired) electrons. The maximum Gasteiger partial charge on any atom is 0.0387 e. The Kier molecular flexibility index (Phi) is 3.42. The van der Waals surface area contributed by atoms with Crippen LogP contribution in [0.25, 0.3) is 10.4 Å². The van der Waals surface area contributed by atoms with Crippen molar-refractivity contribution in [2.75, 3.05) is 0 Å². The van der Waals surface area contributed by atoms with Gasteiger partial charge in [0.25, 0.3) is 0 Å². The van der Waals surface area contributed by atoms with Crippen LogP contribution in [0.4, 0.5) is 0 Å². The Morgan fingerprint density at radius 2 is 1.94 bits per heavy atom. The fourth-order valence-electron chi connectivity index (χ4n) is 1.77. The third kappa shape index (κ3) is 2.18. The van der Waals surface area contributed by atoms with Gasteiger partial charge in [0.1, 0.15) is 0 Å². The number of hydrogen-bond acceptors (Lipinski definition) is 2. The third-order valence-electron chi connectivity index (χ3n) is 2.78. The number of thiophene rings is 1. The first-order valence-electron chi connectivity index (χ1n) is 5.63. The number of rotatable bonds is 3. The average molecular weight is 231 g/mol. The largest absolute Gasteiger partial charge is 0.323 e. The number of nitrogens with two attached hydrogens (primary N) is 1. The summed E-state index contributed by atoms with van der Waals surface area (Å²) in [6.45, 7) is 4.28. The average Bonchev–Trinajstić information content (AvgIpc) is 2.71. The van der Waals surface area contributed by atoms with Gasteiger partial charge in [0.2, 0.25) is 0 Å². The Balaban J connectivity index is 2.40. The van der Waals surface area contributed by atoms with Crippen LogP contribution in [0, 0.1) is 6.92 Å². The zero-order valence-electron chi connectivity index (χ0n) is 9.73. The quantitative estimate of drug-likeness (QED) is 0.844. The lowest BCUT2D eigenvalue weighted by atomic mass is 10.1. The summed E-state index contributed by atoms with van der Waals surface area (Å²) in [5.74, 6) is 0. The molecule has 84 valence electrons. The van der Waals surface area contributed by atoms with Gasteiger partial charge in [-0.05, 0) is 30.5 Å². The molecule has 0 spiro atoms. The monoisotopic (exact) mass is 231 g/mol. The second-order valence-electron chi connectivity index (χ2n) is 4.04. The van der Waals surface area contributed by atoms with Gasteiger partial charge in [-0.25, -0.2) is 0 Å². The topological polar surface area (TPSA) is 26.0 Å². The Morgan fingerprint density at radius 3 is 2.56 bits per heavy atom. The van der Waals surface area contributed by atoms with Crippen molar-refractivity contribution >= 4 is 11.3 Å². The van der Waals surface area contributed by atoms with Gasteiger partial charge in [-0.15, -0.1) is 11.3 Å². The molecule has 0 saturated heterocycles. The van der Waals surface area contributed by atoms with Crippen LogP contribution in [0.3, 0.4) is 0 Å². The van der Waals surface area contributed by atoms with Gasteiger partial charge in [-0.3, -0.25) is 0 Å². The fourth-order valence-corrected chi connectivity index (χ4v) is 3.03. The van der Waals surface area contributed by atoms with Crippen molar-refractivity contribution in [1.82, 2.24) is 0 Å². The Morgan fingerprint density at radius 1 is 1.25 bits per heavy atom. The van der Waals surface area contributed by atoms with E-state index in [0.29, 0.717) is 0 Å². The zero-order chi connectivity index (χ0) is 11.5. The minimum atomic E-state index is 0.182. The molecule has 0 aliphatic heterocycles. The van der Waals surface area contributed by atoms with Gasteiger partial charge in [-0.1, -0.05) is 37.3 Å². The number of hydrogen-bond donors (Lipinski definition) is 1. The summed E-state index contributed by atoms with van der Waals surface area (Å²) >= 11 is 1.82. The Hall–Kier alpha value is -1.12. The molecule has 1 aromatic carbocycles. The second-order valence-corrected chi connectivity index (χ2v) is 5.13. The van der Waals surface area contributed by atoms with E-state index in [1.165, 1.54) is 20.9 Å². The van der Waals surface area contributed by atoms with Crippen molar-refractivity contribution < 1.29 is 0 Å². The second kappa shape index (κ2) is 4.81. The SMILES string of the molecule is CCC(N)c1cc(C)c(-c2ccccc2)s1. The molecule has 2 aromatic rings. The van der Waals surface area contributed by atoms with Gasteiger partial charge in [-0.2, -0.15) is 0 Å². The predicted molar refractivity (Wildman–Crippen MR) is 71.7 cm³/mol. The first-order chi connectivity index (χ1) is 7.72. The first kappa shape index (κ1) is 11.4. The molecule has 16 heavy (non-hydrogen) atoms. The van der Waals surface area contributed by atoms with E-state index >= 15 is 0 Å². The highest BCUT2D eigenvalue weighted by molar-refractivity contribution is 7.15. The van der Waals surface area contributed by atoms with Crippen molar-refractivity contribution in [1.29, 1.82) is 0 Å². The van der Waals surface area contributed by atoms with Crippen LogP contribution in [0.15, 0.2) is 36.4 Å². The molecule has 1 aromatic heterocycles. The lowest BCUT2D eigenvalue weighted by molar-refractivity contribution is 0.712. The molecule has 1 unspecified atom stereocenters.